The second kappa shape index (κ2) is 4.79. The zero-order valence-electron chi connectivity index (χ0n) is 10.3. The zero-order valence-corrected chi connectivity index (χ0v) is 11.1. The van der Waals surface area contributed by atoms with Gasteiger partial charge in [-0.1, -0.05) is 18.2 Å². The first-order valence-electron chi connectivity index (χ1n) is 5.85. The molecule has 20 heavy (non-hydrogen) atoms. The molecular formula is C14H9N3O2S. The second-order valence-corrected chi connectivity index (χ2v) is 5.25. The molecule has 0 aliphatic rings. The number of carboxylic acids is 1. The fraction of sp³-hybridized carbons (Fsp3) is 0.0714. The summed E-state index contributed by atoms with van der Waals surface area (Å²) in [5.74, 6) is -0.670. The minimum atomic E-state index is -0.945. The van der Waals surface area contributed by atoms with E-state index < -0.39 is 5.97 Å². The van der Waals surface area contributed by atoms with Gasteiger partial charge in [-0.15, -0.1) is 11.3 Å². The van der Waals surface area contributed by atoms with Gasteiger partial charge in [0.25, 0.3) is 0 Å². The quantitative estimate of drug-likeness (QED) is 0.801. The highest BCUT2D eigenvalue weighted by atomic mass is 32.1. The predicted molar refractivity (Wildman–Crippen MR) is 74.8 cm³/mol. The van der Waals surface area contributed by atoms with Crippen molar-refractivity contribution in [1.29, 1.82) is 5.26 Å². The first-order chi connectivity index (χ1) is 9.70. The number of thiophene rings is 1. The summed E-state index contributed by atoms with van der Waals surface area (Å²) in [4.78, 5) is 15.6. The van der Waals surface area contributed by atoms with Crippen LogP contribution in [-0.4, -0.2) is 20.6 Å². The van der Waals surface area contributed by atoms with Crippen molar-refractivity contribution in [1.82, 2.24) is 9.55 Å². The first kappa shape index (κ1) is 12.4. The predicted octanol–water partition coefficient (Wildman–Crippen LogP) is 2.72. The van der Waals surface area contributed by atoms with E-state index in [1.165, 1.54) is 17.5 Å². The molecule has 0 saturated heterocycles. The van der Waals surface area contributed by atoms with Crippen molar-refractivity contribution < 1.29 is 9.90 Å². The third-order valence-electron chi connectivity index (χ3n) is 3.04. The molecule has 1 N–H and O–H groups in total. The molecule has 0 radical (unpaired) electrons. The number of imidazole rings is 1. The van der Waals surface area contributed by atoms with Gasteiger partial charge in [0.2, 0.25) is 5.82 Å². The van der Waals surface area contributed by atoms with E-state index in [1.54, 1.807) is 10.8 Å². The molecular weight excluding hydrogens is 274 g/mol. The maximum atomic E-state index is 11.4. The molecule has 98 valence electrons. The molecule has 0 saturated carbocycles. The summed E-state index contributed by atoms with van der Waals surface area (Å²) in [7, 11) is 0. The van der Waals surface area contributed by atoms with Gasteiger partial charge in [-0.05, 0) is 11.5 Å². The van der Waals surface area contributed by atoms with Crippen LogP contribution in [0.25, 0.3) is 10.1 Å². The van der Waals surface area contributed by atoms with Crippen LogP contribution >= 0.6 is 11.3 Å². The van der Waals surface area contributed by atoms with Gasteiger partial charge in [0.05, 0.1) is 6.54 Å². The molecule has 0 spiro atoms. The monoisotopic (exact) mass is 283 g/mol. The summed E-state index contributed by atoms with van der Waals surface area (Å²) in [5, 5.41) is 19.2. The van der Waals surface area contributed by atoms with E-state index in [0.717, 1.165) is 10.1 Å². The topological polar surface area (TPSA) is 78.9 Å². The lowest BCUT2D eigenvalue weighted by Gasteiger charge is -2.04. The van der Waals surface area contributed by atoms with Crippen molar-refractivity contribution in [2.24, 2.45) is 0 Å². The number of nitriles is 1. The van der Waals surface area contributed by atoms with Gasteiger partial charge >= 0.3 is 5.97 Å². The summed E-state index contributed by atoms with van der Waals surface area (Å²) < 4.78 is 2.58. The summed E-state index contributed by atoms with van der Waals surface area (Å²) in [6, 6.07) is 9.55. The Hall–Kier alpha value is -2.65. The van der Waals surface area contributed by atoms with Gasteiger partial charge in [0.1, 0.15) is 10.9 Å². The number of carboxylic acid groups (broad SMARTS) is 1. The molecule has 3 rings (SSSR count). The summed E-state index contributed by atoms with van der Waals surface area (Å²) in [6.45, 7) is 0.328. The normalized spacial score (nSPS) is 10.6. The van der Waals surface area contributed by atoms with Crippen LogP contribution in [0, 0.1) is 11.3 Å². The molecule has 3 aromatic rings. The van der Waals surface area contributed by atoms with Crippen LogP contribution in [0.2, 0.25) is 0 Å². The van der Waals surface area contributed by atoms with Gasteiger partial charge in [-0.2, -0.15) is 5.26 Å². The number of hydrogen-bond donors (Lipinski definition) is 1. The fourth-order valence-electron chi connectivity index (χ4n) is 2.15. The van der Waals surface area contributed by atoms with Crippen LogP contribution in [0.3, 0.4) is 0 Å². The summed E-state index contributed by atoms with van der Waals surface area (Å²) in [6.07, 6.45) is 3.21. The lowest BCUT2D eigenvalue weighted by Crippen LogP contribution is -2.05. The molecule has 0 aliphatic heterocycles. The Balaban J connectivity index is 2.17. The number of fused-ring (bicyclic) bond motifs is 1. The number of carbonyl (C=O) groups is 1. The molecule has 0 atom stereocenters. The highest BCUT2D eigenvalue weighted by molar-refractivity contribution is 7.21. The first-order valence-corrected chi connectivity index (χ1v) is 6.67. The van der Waals surface area contributed by atoms with Crippen LogP contribution in [0.4, 0.5) is 0 Å². The van der Waals surface area contributed by atoms with Gasteiger partial charge in [-0.25, -0.2) is 9.78 Å². The van der Waals surface area contributed by atoms with E-state index in [-0.39, 0.29) is 5.82 Å². The average molecular weight is 283 g/mol. The molecule has 2 heterocycles. The van der Waals surface area contributed by atoms with Crippen LogP contribution in [-0.2, 0) is 6.54 Å². The molecule has 6 heteroatoms. The number of rotatable bonds is 3. The molecule has 5 nitrogen and oxygen atoms in total. The number of aromatic carboxylic acids is 1. The smallest absolute Gasteiger partial charge is 0.346 e. The minimum absolute atomic E-state index is 0.275. The highest BCUT2D eigenvalue weighted by Gasteiger charge is 2.18. The van der Waals surface area contributed by atoms with Crippen molar-refractivity contribution in [2.75, 3.05) is 0 Å². The van der Waals surface area contributed by atoms with E-state index >= 15 is 0 Å². The van der Waals surface area contributed by atoms with Crippen molar-refractivity contribution in [3.8, 4) is 6.07 Å². The Morgan fingerprint density at radius 1 is 1.45 bits per heavy atom. The van der Waals surface area contributed by atoms with Gasteiger partial charge in [0, 0.05) is 22.7 Å². The molecule has 0 unspecified atom stereocenters. The molecule has 2 aromatic heterocycles. The van der Waals surface area contributed by atoms with E-state index in [1.807, 2.05) is 30.3 Å². The van der Waals surface area contributed by atoms with Crippen molar-refractivity contribution in [3.05, 3.63) is 52.9 Å². The maximum Gasteiger partial charge on any atom is 0.346 e. The summed E-state index contributed by atoms with van der Waals surface area (Å²) in [5.41, 5.74) is 0.715. The Kier molecular flexibility index (Phi) is 2.97. The third kappa shape index (κ3) is 1.94. The second-order valence-electron chi connectivity index (χ2n) is 4.20. The maximum absolute atomic E-state index is 11.4. The number of nitrogens with zero attached hydrogens (tertiary/aromatic N) is 3. The van der Waals surface area contributed by atoms with Crippen LogP contribution in [0.5, 0.6) is 0 Å². The van der Waals surface area contributed by atoms with E-state index in [9.17, 15) is 9.90 Å². The summed E-state index contributed by atoms with van der Waals surface area (Å²) >= 11 is 1.25. The van der Waals surface area contributed by atoms with Crippen LogP contribution < -0.4 is 0 Å². The number of benzene rings is 1. The molecule has 1 aromatic carbocycles. The molecule has 0 fully saturated rings. The van der Waals surface area contributed by atoms with E-state index in [2.05, 4.69) is 4.98 Å². The fourth-order valence-corrected chi connectivity index (χ4v) is 3.20. The number of aromatic nitrogens is 2. The van der Waals surface area contributed by atoms with Crippen molar-refractivity contribution >= 4 is 27.4 Å². The molecule has 0 bridgehead atoms. The van der Waals surface area contributed by atoms with Gasteiger partial charge in [0.15, 0.2) is 0 Å². The molecule has 0 aliphatic carbocycles. The van der Waals surface area contributed by atoms with Crippen molar-refractivity contribution in [2.45, 2.75) is 6.54 Å². The van der Waals surface area contributed by atoms with E-state index in [4.69, 9.17) is 5.26 Å². The molecule has 0 amide bonds. The van der Waals surface area contributed by atoms with Gasteiger partial charge < -0.3 is 9.67 Å². The highest BCUT2D eigenvalue weighted by Crippen LogP contribution is 2.32. The Bertz CT molecular complexity index is 842. The Morgan fingerprint density at radius 2 is 2.25 bits per heavy atom. The lowest BCUT2D eigenvalue weighted by molar-refractivity contribution is 0.0701. The van der Waals surface area contributed by atoms with Crippen LogP contribution in [0.1, 0.15) is 21.1 Å². The van der Waals surface area contributed by atoms with Crippen LogP contribution in [0.15, 0.2) is 36.7 Å². The number of hydrogen-bond acceptors (Lipinski definition) is 4. The largest absolute Gasteiger partial charge is 0.477 e. The average Bonchev–Trinajstić information content (AvgIpc) is 3.04. The lowest BCUT2D eigenvalue weighted by atomic mass is 10.1. The standard InChI is InChI=1S/C14H9N3O2S/c15-7-12-16-5-6-17(12)8-10-9-3-1-2-4-11(9)20-13(10)14(18)19/h1-6H,8H2,(H,18,19). The minimum Gasteiger partial charge on any atom is -0.477 e. The Morgan fingerprint density at radius 3 is 3.00 bits per heavy atom. The van der Waals surface area contributed by atoms with E-state index in [0.29, 0.717) is 17.0 Å². The SMILES string of the molecule is N#Cc1nccn1Cc1c(C(=O)O)sc2ccccc12. The third-order valence-corrected chi connectivity index (χ3v) is 4.24. The van der Waals surface area contributed by atoms with Crippen molar-refractivity contribution in [3.63, 3.8) is 0 Å². The van der Waals surface area contributed by atoms with Gasteiger partial charge in [-0.3, -0.25) is 0 Å². The zero-order chi connectivity index (χ0) is 14.1. The Labute approximate surface area is 118 Å².